The van der Waals surface area contributed by atoms with E-state index < -0.39 is 10.0 Å². The summed E-state index contributed by atoms with van der Waals surface area (Å²) in [6.45, 7) is 0.447. The molecule has 10 heteroatoms. The van der Waals surface area contributed by atoms with Gasteiger partial charge >= 0.3 is 0 Å². The lowest BCUT2D eigenvalue weighted by molar-refractivity contribution is 0.596. The van der Waals surface area contributed by atoms with Gasteiger partial charge in [-0.3, -0.25) is 5.43 Å². The molecule has 0 bridgehead atoms. The van der Waals surface area contributed by atoms with E-state index in [9.17, 15) is 8.42 Å². The van der Waals surface area contributed by atoms with Crippen molar-refractivity contribution >= 4 is 43.3 Å². The van der Waals surface area contributed by atoms with Gasteiger partial charge in [-0.1, -0.05) is 0 Å². The topological polar surface area (TPSA) is 136 Å². The number of primary sulfonamides is 1. The fraction of sp³-hybridized carbons (Fsp3) is 0.333. The van der Waals surface area contributed by atoms with Gasteiger partial charge in [0, 0.05) is 6.54 Å². The van der Waals surface area contributed by atoms with Crippen molar-refractivity contribution in [1.82, 2.24) is 9.97 Å². The van der Waals surface area contributed by atoms with Crippen molar-refractivity contribution in [3.05, 3.63) is 11.4 Å². The third kappa shape index (κ3) is 3.73. The van der Waals surface area contributed by atoms with Crippen LogP contribution in [0.1, 0.15) is 6.42 Å². The molecule has 6 N–H and O–H groups in total. The zero-order chi connectivity index (χ0) is 13.9. The Morgan fingerprint density at radius 1 is 1.37 bits per heavy atom. The fourth-order valence-corrected chi connectivity index (χ4v) is 2.85. The van der Waals surface area contributed by atoms with Gasteiger partial charge in [0.1, 0.15) is 10.6 Å². The number of thiophene rings is 1. The van der Waals surface area contributed by atoms with Crippen LogP contribution in [0.15, 0.2) is 11.4 Å². The summed E-state index contributed by atoms with van der Waals surface area (Å²) in [4.78, 5) is 9.19. The number of hydrazine groups is 1. The van der Waals surface area contributed by atoms with Gasteiger partial charge in [0.15, 0.2) is 0 Å². The lowest BCUT2D eigenvalue weighted by Crippen LogP contribution is -2.19. The monoisotopic (exact) mass is 302 g/mol. The van der Waals surface area contributed by atoms with Gasteiger partial charge in [0.2, 0.25) is 16.0 Å². The van der Waals surface area contributed by atoms with Crippen molar-refractivity contribution in [1.29, 1.82) is 0 Å². The molecule has 0 aliphatic carbocycles. The summed E-state index contributed by atoms with van der Waals surface area (Å²) in [7, 11) is -3.43. The Bertz CT molecular complexity index is 668. The number of nitrogens with zero attached hydrogens (tertiary/aromatic N) is 2. The Balaban J connectivity index is 2.09. The number of aromatic nitrogens is 2. The van der Waals surface area contributed by atoms with Crippen molar-refractivity contribution in [2.75, 3.05) is 23.0 Å². The maximum Gasteiger partial charge on any atom is 0.240 e. The average Bonchev–Trinajstić information content (AvgIpc) is 2.81. The van der Waals surface area contributed by atoms with Crippen LogP contribution in [0.3, 0.4) is 0 Å². The number of fused-ring (bicyclic) bond motifs is 1. The molecule has 2 heterocycles. The number of nitrogens with one attached hydrogen (secondary N) is 2. The van der Waals surface area contributed by atoms with Gasteiger partial charge in [0.05, 0.1) is 11.1 Å². The van der Waals surface area contributed by atoms with Crippen LogP contribution in [-0.2, 0) is 10.0 Å². The Morgan fingerprint density at radius 3 is 2.84 bits per heavy atom. The lowest BCUT2D eigenvalue weighted by Gasteiger charge is -2.08. The third-order valence-electron chi connectivity index (χ3n) is 2.35. The number of nitrogens with two attached hydrogens (primary N) is 2. The molecule has 0 atom stereocenters. The molecular weight excluding hydrogens is 288 g/mol. The van der Waals surface area contributed by atoms with Gasteiger partial charge in [-0.05, 0) is 17.9 Å². The van der Waals surface area contributed by atoms with Crippen molar-refractivity contribution in [2.24, 2.45) is 11.0 Å². The standard InChI is InChI=1S/C9H14N6O2S2/c10-15-9-13-7(6-2-4-18-8(6)14-9)12-3-1-5-19(11,16)17/h2,4H,1,3,5,10H2,(H2,11,16,17)(H2,12,13,14,15). The molecule has 19 heavy (non-hydrogen) atoms. The molecule has 2 aromatic rings. The first kappa shape index (κ1) is 13.9. The minimum atomic E-state index is -3.43. The molecule has 0 fully saturated rings. The first-order chi connectivity index (χ1) is 8.99. The molecule has 0 aliphatic rings. The van der Waals surface area contributed by atoms with Crippen LogP contribution in [0, 0.1) is 0 Å². The predicted octanol–water partition coefficient (Wildman–Crippen LogP) is 0.0674. The van der Waals surface area contributed by atoms with E-state index in [1.807, 2.05) is 11.4 Å². The van der Waals surface area contributed by atoms with Crippen LogP contribution in [0.5, 0.6) is 0 Å². The Hall–Kier alpha value is -1.49. The van der Waals surface area contributed by atoms with E-state index in [2.05, 4.69) is 20.7 Å². The maximum atomic E-state index is 10.8. The number of rotatable bonds is 6. The van der Waals surface area contributed by atoms with Crippen LogP contribution in [0.4, 0.5) is 11.8 Å². The number of hydrogen-bond donors (Lipinski definition) is 4. The molecule has 104 valence electrons. The first-order valence-electron chi connectivity index (χ1n) is 5.46. The zero-order valence-corrected chi connectivity index (χ0v) is 11.6. The second-order valence-corrected chi connectivity index (χ2v) is 6.46. The van der Waals surface area contributed by atoms with Gasteiger partial charge in [-0.25, -0.2) is 24.4 Å². The lowest BCUT2D eigenvalue weighted by atomic mass is 10.3. The molecule has 0 saturated heterocycles. The van der Waals surface area contributed by atoms with E-state index in [4.69, 9.17) is 11.0 Å². The number of nitrogen functional groups attached to an aromatic ring is 1. The van der Waals surface area contributed by atoms with E-state index in [-0.39, 0.29) is 5.75 Å². The Labute approximate surface area is 114 Å². The van der Waals surface area contributed by atoms with Crippen LogP contribution in [-0.4, -0.2) is 30.7 Å². The molecule has 0 unspecified atom stereocenters. The predicted molar refractivity (Wildman–Crippen MR) is 76.3 cm³/mol. The molecule has 8 nitrogen and oxygen atoms in total. The zero-order valence-electron chi connectivity index (χ0n) is 9.96. The van der Waals surface area contributed by atoms with E-state index in [0.717, 1.165) is 10.2 Å². The highest BCUT2D eigenvalue weighted by molar-refractivity contribution is 7.89. The average molecular weight is 302 g/mol. The van der Waals surface area contributed by atoms with E-state index in [0.29, 0.717) is 24.7 Å². The van der Waals surface area contributed by atoms with Gasteiger partial charge in [-0.2, -0.15) is 4.98 Å². The van der Waals surface area contributed by atoms with E-state index >= 15 is 0 Å². The quantitative estimate of drug-likeness (QED) is 0.336. The molecule has 0 aliphatic heterocycles. The molecule has 0 aromatic carbocycles. The summed E-state index contributed by atoms with van der Waals surface area (Å²) in [6.07, 6.45) is 0.403. The minimum absolute atomic E-state index is 0.0696. The fourth-order valence-electron chi connectivity index (χ4n) is 1.53. The van der Waals surface area contributed by atoms with Crippen LogP contribution in [0.2, 0.25) is 0 Å². The SMILES string of the molecule is NNc1nc(NCCCS(N)(=O)=O)c2ccsc2n1. The molecule has 0 amide bonds. The minimum Gasteiger partial charge on any atom is -0.369 e. The molecule has 2 rings (SSSR count). The first-order valence-corrected chi connectivity index (χ1v) is 8.05. The summed E-state index contributed by atoms with van der Waals surface area (Å²) in [5.41, 5.74) is 2.39. The maximum absolute atomic E-state index is 10.8. The van der Waals surface area contributed by atoms with E-state index in [1.165, 1.54) is 11.3 Å². The summed E-state index contributed by atoms with van der Waals surface area (Å²) in [6, 6.07) is 1.89. The molecule has 0 spiro atoms. The van der Waals surface area contributed by atoms with Crippen molar-refractivity contribution in [3.63, 3.8) is 0 Å². The van der Waals surface area contributed by atoms with Crippen LogP contribution >= 0.6 is 11.3 Å². The second-order valence-electron chi connectivity index (χ2n) is 3.83. The van der Waals surface area contributed by atoms with Gasteiger partial charge in [-0.15, -0.1) is 11.3 Å². The Kier molecular flexibility index (Phi) is 4.14. The number of anilines is 2. The Morgan fingerprint density at radius 2 is 2.16 bits per heavy atom. The summed E-state index contributed by atoms with van der Waals surface area (Å²) >= 11 is 1.47. The number of sulfonamides is 1. The summed E-state index contributed by atoms with van der Waals surface area (Å²) < 4.78 is 21.6. The van der Waals surface area contributed by atoms with Crippen LogP contribution < -0.4 is 21.7 Å². The third-order valence-corrected chi connectivity index (χ3v) is 4.02. The van der Waals surface area contributed by atoms with Gasteiger partial charge in [0.25, 0.3) is 0 Å². The van der Waals surface area contributed by atoms with Crippen LogP contribution in [0.25, 0.3) is 10.2 Å². The largest absolute Gasteiger partial charge is 0.369 e. The summed E-state index contributed by atoms with van der Waals surface area (Å²) in [5, 5.41) is 10.8. The highest BCUT2D eigenvalue weighted by Gasteiger charge is 2.08. The second kappa shape index (κ2) is 5.65. The van der Waals surface area contributed by atoms with Crippen molar-refractivity contribution < 1.29 is 8.42 Å². The highest BCUT2D eigenvalue weighted by atomic mass is 32.2. The summed E-state index contributed by atoms with van der Waals surface area (Å²) in [5.74, 6) is 6.16. The smallest absolute Gasteiger partial charge is 0.240 e. The molecule has 0 saturated carbocycles. The van der Waals surface area contributed by atoms with Gasteiger partial charge < -0.3 is 5.32 Å². The number of hydrogen-bond acceptors (Lipinski definition) is 8. The van der Waals surface area contributed by atoms with Crippen molar-refractivity contribution in [3.8, 4) is 0 Å². The molecule has 0 radical (unpaired) electrons. The van der Waals surface area contributed by atoms with E-state index in [1.54, 1.807) is 0 Å². The normalized spacial score (nSPS) is 11.7. The molecule has 2 aromatic heterocycles. The van der Waals surface area contributed by atoms with Crippen molar-refractivity contribution in [2.45, 2.75) is 6.42 Å². The highest BCUT2D eigenvalue weighted by Crippen LogP contribution is 2.26. The molecular formula is C9H14N6O2S2.